The number of sulfone groups is 1. The molecule has 0 amide bonds. The lowest BCUT2D eigenvalue weighted by Gasteiger charge is -2.10. The minimum atomic E-state index is -3.80. The van der Waals surface area contributed by atoms with Crippen molar-refractivity contribution in [3.05, 3.63) is 65.7 Å². The Morgan fingerprint density at radius 3 is 2.20 bits per heavy atom. The summed E-state index contributed by atoms with van der Waals surface area (Å²) in [6, 6.07) is 15.4. The van der Waals surface area contributed by atoms with Crippen LogP contribution in [0.2, 0.25) is 0 Å². The molecule has 0 spiro atoms. The predicted molar refractivity (Wildman–Crippen MR) is 95.1 cm³/mol. The van der Waals surface area contributed by atoms with Gasteiger partial charge in [-0.3, -0.25) is 4.79 Å². The lowest BCUT2D eigenvalue weighted by molar-refractivity contribution is -0.143. The maximum absolute atomic E-state index is 13.1. The van der Waals surface area contributed by atoms with E-state index in [1.165, 1.54) is 12.1 Å². The molecular weight excluding hydrogens is 338 g/mol. The van der Waals surface area contributed by atoms with Crippen molar-refractivity contribution in [3.63, 3.8) is 0 Å². The standard InChI is InChI=1S/C19H21NO4S/c1-2-13-8-10-14(11-9-13)16-17(19(16,12-20)18(21)22)25(23,24)15-6-4-3-5-7-15/h3-11,16-17H,2,12,20H2,1H3,(H,21,22)/t16-,17-,19+/m1/s1. The molecule has 3 atom stereocenters. The molecule has 5 nitrogen and oxygen atoms in total. The molecule has 1 aliphatic rings. The number of carboxylic acids is 1. The molecule has 6 heteroatoms. The highest BCUT2D eigenvalue weighted by Gasteiger charge is 2.75. The Hall–Kier alpha value is -2.18. The quantitative estimate of drug-likeness (QED) is 0.824. The van der Waals surface area contributed by atoms with Crippen LogP contribution >= 0.6 is 0 Å². The molecule has 0 bridgehead atoms. The van der Waals surface area contributed by atoms with E-state index in [1.54, 1.807) is 18.2 Å². The van der Waals surface area contributed by atoms with Gasteiger partial charge in [-0.05, 0) is 29.7 Å². The summed E-state index contributed by atoms with van der Waals surface area (Å²) in [7, 11) is -3.80. The van der Waals surface area contributed by atoms with Gasteiger partial charge >= 0.3 is 5.97 Å². The van der Waals surface area contributed by atoms with E-state index in [4.69, 9.17) is 5.73 Å². The Morgan fingerprint density at radius 2 is 1.72 bits per heavy atom. The zero-order chi connectivity index (χ0) is 18.2. The summed E-state index contributed by atoms with van der Waals surface area (Å²) < 4.78 is 26.1. The first-order chi connectivity index (χ1) is 11.9. The summed E-state index contributed by atoms with van der Waals surface area (Å²) in [5.74, 6) is -1.81. The van der Waals surface area contributed by atoms with Crippen molar-refractivity contribution < 1.29 is 18.3 Å². The molecule has 0 aromatic heterocycles. The number of hydrogen-bond donors (Lipinski definition) is 2. The monoisotopic (exact) mass is 359 g/mol. The number of rotatable bonds is 6. The zero-order valence-electron chi connectivity index (χ0n) is 13.9. The van der Waals surface area contributed by atoms with Crippen LogP contribution in [-0.2, 0) is 21.1 Å². The first-order valence-corrected chi connectivity index (χ1v) is 9.75. The van der Waals surface area contributed by atoms with Crippen LogP contribution in [0.3, 0.4) is 0 Å². The Balaban J connectivity index is 2.08. The van der Waals surface area contributed by atoms with Gasteiger partial charge in [0.25, 0.3) is 0 Å². The molecule has 2 aromatic rings. The molecule has 1 aliphatic carbocycles. The largest absolute Gasteiger partial charge is 0.481 e. The van der Waals surface area contributed by atoms with Gasteiger partial charge in [0.2, 0.25) is 0 Å². The summed E-state index contributed by atoms with van der Waals surface area (Å²) in [5, 5.41) is 8.71. The van der Waals surface area contributed by atoms with Crippen LogP contribution in [0.5, 0.6) is 0 Å². The van der Waals surface area contributed by atoms with Crippen LogP contribution in [0, 0.1) is 5.41 Å². The summed E-state index contributed by atoms with van der Waals surface area (Å²) >= 11 is 0. The van der Waals surface area contributed by atoms with Crippen LogP contribution in [0.1, 0.15) is 24.0 Å². The molecule has 0 aliphatic heterocycles. The Bertz CT molecular complexity index is 877. The van der Waals surface area contributed by atoms with Crippen molar-refractivity contribution in [3.8, 4) is 0 Å². The zero-order valence-corrected chi connectivity index (χ0v) is 14.7. The molecule has 3 rings (SSSR count). The third-order valence-corrected chi connectivity index (χ3v) is 7.44. The second-order valence-corrected chi connectivity index (χ2v) is 8.47. The van der Waals surface area contributed by atoms with Crippen LogP contribution < -0.4 is 5.73 Å². The third kappa shape index (κ3) is 2.65. The van der Waals surface area contributed by atoms with E-state index >= 15 is 0 Å². The van der Waals surface area contributed by atoms with E-state index in [9.17, 15) is 18.3 Å². The molecule has 0 unspecified atom stereocenters. The van der Waals surface area contributed by atoms with Gasteiger partial charge in [0.15, 0.2) is 9.84 Å². The molecule has 0 heterocycles. The van der Waals surface area contributed by atoms with Crippen molar-refractivity contribution in [2.45, 2.75) is 29.4 Å². The minimum Gasteiger partial charge on any atom is -0.481 e. The fourth-order valence-corrected chi connectivity index (χ4v) is 6.04. The number of carboxylic acid groups (broad SMARTS) is 1. The van der Waals surface area contributed by atoms with Gasteiger partial charge in [0, 0.05) is 12.5 Å². The van der Waals surface area contributed by atoms with Gasteiger partial charge in [-0.1, -0.05) is 49.4 Å². The van der Waals surface area contributed by atoms with Gasteiger partial charge in [0.1, 0.15) is 5.41 Å². The van der Waals surface area contributed by atoms with E-state index in [0.29, 0.717) is 5.56 Å². The first kappa shape index (κ1) is 17.6. The van der Waals surface area contributed by atoms with E-state index in [1.807, 2.05) is 31.2 Å². The summed E-state index contributed by atoms with van der Waals surface area (Å²) in [6.07, 6.45) is 0.859. The normalized spacial score (nSPS) is 25.5. The van der Waals surface area contributed by atoms with E-state index in [-0.39, 0.29) is 11.4 Å². The van der Waals surface area contributed by atoms with Crippen LogP contribution in [-0.4, -0.2) is 31.3 Å². The predicted octanol–water partition coefficient (Wildman–Crippen LogP) is 2.22. The number of hydrogen-bond acceptors (Lipinski definition) is 4. The summed E-state index contributed by atoms with van der Waals surface area (Å²) in [6.45, 7) is 1.80. The van der Waals surface area contributed by atoms with E-state index in [0.717, 1.165) is 12.0 Å². The topological polar surface area (TPSA) is 97.5 Å². The molecule has 1 saturated carbocycles. The lowest BCUT2D eigenvalue weighted by atomic mass is 9.98. The Kier molecular flexibility index (Phi) is 4.43. The number of carbonyl (C=O) groups is 1. The smallest absolute Gasteiger partial charge is 0.312 e. The van der Waals surface area contributed by atoms with E-state index in [2.05, 4.69) is 0 Å². The number of aliphatic carboxylic acids is 1. The molecule has 1 fully saturated rings. The number of nitrogens with two attached hydrogens (primary N) is 1. The van der Waals surface area contributed by atoms with Gasteiger partial charge in [-0.15, -0.1) is 0 Å². The average molecular weight is 359 g/mol. The average Bonchev–Trinajstić information content (AvgIpc) is 3.34. The Morgan fingerprint density at radius 1 is 1.12 bits per heavy atom. The van der Waals surface area contributed by atoms with Gasteiger partial charge in [0.05, 0.1) is 10.1 Å². The molecule has 0 radical (unpaired) electrons. The SMILES string of the molecule is CCc1ccc([C@@H]2[C@@H](S(=O)(=O)c3ccccc3)[C@@]2(CN)C(=O)O)cc1. The van der Waals surface area contributed by atoms with Crippen LogP contribution in [0.25, 0.3) is 0 Å². The third-order valence-electron chi connectivity index (χ3n) is 5.15. The molecule has 132 valence electrons. The highest BCUT2D eigenvalue weighted by Crippen LogP contribution is 2.63. The molecule has 3 N–H and O–H groups in total. The molecule has 2 aromatic carbocycles. The molecule has 25 heavy (non-hydrogen) atoms. The van der Waals surface area contributed by atoms with Gasteiger partial charge in [-0.2, -0.15) is 0 Å². The van der Waals surface area contributed by atoms with Crippen LogP contribution in [0.4, 0.5) is 0 Å². The highest BCUT2D eigenvalue weighted by atomic mass is 32.2. The van der Waals surface area contributed by atoms with Crippen LogP contribution in [0.15, 0.2) is 59.5 Å². The number of aryl methyl sites for hydroxylation is 1. The summed E-state index contributed by atoms with van der Waals surface area (Å²) in [4.78, 5) is 12.1. The second-order valence-electron chi connectivity index (χ2n) is 6.40. The lowest BCUT2D eigenvalue weighted by Crippen LogP contribution is -2.31. The minimum absolute atomic E-state index is 0.131. The van der Waals surface area contributed by atoms with Crippen molar-refractivity contribution >= 4 is 15.8 Å². The first-order valence-electron chi connectivity index (χ1n) is 8.20. The van der Waals surface area contributed by atoms with Crippen molar-refractivity contribution in [2.75, 3.05) is 6.54 Å². The molecule has 0 saturated heterocycles. The highest BCUT2D eigenvalue weighted by molar-refractivity contribution is 7.92. The Labute approximate surface area is 147 Å². The van der Waals surface area contributed by atoms with Gasteiger partial charge in [-0.25, -0.2) is 8.42 Å². The van der Waals surface area contributed by atoms with Gasteiger partial charge < -0.3 is 10.8 Å². The maximum Gasteiger partial charge on any atom is 0.312 e. The second kappa shape index (κ2) is 6.28. The number of benzene rings is 2. The maximum atomic E-state index is 13.1. The van der Waals surface area contributed by atoms with Crippen molar-refractivity contribution in [2.24, 2.45) is 11.1 Å². The van der Waals surface area contributed by atoms with Crippen molar-refractivity contribution in [1.29, 1.82) is 0 Å². The van der Waals surface area contributed by atoms with E-state index < -0.39 is 32.4 Å². The summed E-state index contributed by atoms with van der Waals surface area (Å²) in [5.41, 5.74) is 6.10. The van der Waals surface area contributed by atoms with Crippen molar-refractivity contribution in [1.82, 2.24) is 0 Å². The fraction of sp³-hybridized carbons (Fsp3) is 0.316. The fourth-order valence-electron chi connectivity index (χ4n) is 3.64. The molecular formula is C19H21NO4S.